The van der Waals surface area contributed by atoms with Gasteiger partial charge in [0.2, 0.25) is 5.91 Å². The fraction of sp³-hybridized carbons (Fsp3) is 0.429. The minimum absolute atomic E-state index is 0.0979. The highest BCUT2D eigenvalue weighted by Crippen LogP contribution is 2.20. The van der Waals surface area contributed by atoms with Gasteiger partial charge in [0.15, 0.2) is 5.03 Å². The van der Waals surface area contributed by atoms with E-state index < -0.39 is 0 Å². The van der Waals surface area contributed by atoms with Crippen molar-refractivity contribution < 1.29 is 14.5 Å². The van der Waals surface area contributed by atoms with Gasteiger partial charge in [0.25, 0.3) is 5.82 Å². The second kappa shape index (κ2) is 7.64. The summed E-state index contributed by atoms with van der Waals surface area (Å²) in [6, 6.07) is 5.31. The number of nitriles is 2. The van der Waals surface area contributed by atoms with Crippen LogP contribution in [0, 0.1) is 22.7 Å². The maximum Gasteiger partial charge on any atom is 0.289 e. The van der Waals surface area contributed by atoms with E-state index in [1.54, 1.807) is 0 Å². The number of carbonyl (C=O) groups excluding carboxylic acids is 1. The van der Waals surface area contributed by atoms with Crippen molar-refractivity contribution in [2.75, 3.05) is 24.6 Å². The van der Waals surface area contributed by atoms with Crippen molar-refractivity contribution in [1.82, 2.24) is 5.32 Å². The van der Waals surface area contributed by atoms with Crippen LogP contribution in [-0.4, -0.2) is 30.9 Å². The lowest BCUT2D eigenvalue weighted by Crippen LogP contribution is -2.33. The van der Waals surface area contributed by atoms with Gasteiger partial charge in [0.1, 0.15) is 23.3 Å². The summed E-state index contributed by atoms with van der Waals surface area (Å²) >= 11 is 1.18. The van der Waals surface area contributed by atoms with E-state index >= 15 is 0 Å². The summed E-state index contributed by atoms with van der Waals surface area (Å²) in [5.41, 5.74) is 6.19. The number of rotatable bonds is 5. The van der Waals surface area contributed by atoms with Crippen LogP contribution in [-0.2, 0) is 9.53 Å². The Morgan fingerprint density at radius 2 is 2.27 bits per heavy atom. The van der Waals surface area contributed by atoms with Gasteiger partial charge in [-0.2, -0.15) is 10.5 Å². The Balaban J connectivity index is 1.90. The number of hydrogen-bond acceptors (Lipinski definition) is 6. The Bertz CT molecular complexity index is 644. The summed E-state index contributed by atoms with van der Waals surface area (Å²) in [4.78, 5) is 14.6. The van der Waals surface area contributed by atoms with Crippen LogP contribution in [0.4, 0.5) is 5.82 Å². The van der Waals surface area contributed by atoms with Crippen LogP contribution in [0.1, 0.15) is 24.0 Å². The minimum atomic E-state index is -0.138. The van der Waals surface area contributed by atoms with Gasteiger partial charge >= 0.3 is 0 Å². The number of nitrogens with one attached hydrogen (secondary N) is 2. The van der Waals surface area contributed by atoms with Gasteiger partial charge in [-0.3, -0.25) is 10.5 Å². The number of aromatic nitrogens is 1. The highest BCUT2D eigenvalue weighted by Gasteiger charge is 2.18. The number of nitrogen functional groups attached to an aromatic ring is 1. The number of amides is 1. The van der Waals surface area contributed by atoms with E-state index in [0.29, 0.717) is 17.1 Å². The first kappa shape index (κ1) is 16.1. The molecule has 0 unspecified atom stereocenters. The van der Waals surface area contributed by atoms with Crippen LogP contribution in [0.2, 0.25) is 0 Å². The SMILES string of the molecule is N#Cc1cc(C#N)c(SCC(=O)NC[C@@H]2CCCO2)[nH+]c1N. The van der Waals surface area contributed by atoms with Crippen LogP contribution in [0.25, 0.3) is 0 Å². The van der Waals surface area contributed by atoms with Gasteiger partial charge in [0.05, 0.1) is 11.9 Å². The van der Waals surface area contributed by atoms with E-state index in [1.165, 1.54) is 17.8 Å². The van der Waals surface area contributed by atoms with Gasteiger partial charge in [-0.15, -0.1) is 0 Å². The average molecular weight is 318 g/mol. The molecule has 1 aliphatic rings. The first-order valence-corrected chi connectivity index (χ1v) is 7.79. The molecule has 0 saturated carbocycles. The average Bonchev–Trinajstić information content (AvgIpc) is 3.04. The van der Waals surface area contributed by atoms with Gasteiger partial charge in [-0.05, 0) is 18.9 Å². The molecule has 0 aliphatic carbocycles. The van der Waals surface area contributed by atoms with Crippen molar-refractivity contribution >= 4 is 23.5 Å². The van der Waals surface area contributed by atoms with E-state index in [0.717, 1.165) is 19.4 Å². The zero-order valence-corrected chi connectivity index (χ0v) is 12.7. The molecular weight excluding hydrogens is 302 g/mol. The summed E-state index contributed by atoms with van der Waals surface area (Å²) in [6.45, 7) is 1.25. The first-order chi connectivity index (χ1) is 10.6. The molecule has 0 aromatic carbocycles. The van der Waals surface area contributed by atoms with Crippen molar-refractivity contribution in [2.45, 2.75) is 24.0 Å². The van der Waals surface area contributed by atoms with Crippen molar-refractivity contribution in [3.05, 3.63) is 17.2 Å². The van der Waals surface area contributed by atoms with Crippen molar-refractivity contribution in [3.8, 4) is 12.1 Å². The zero-order valence-electron chi connectivity index (χ0n) is 11.9. The molecular formula is C14H16N5O2S+. The molecule has 1 fully saturated rings. The van der Waals surface area contributed by atoms with Crippen molar-refractivity contribution in [3.63, 3.8) is 0 Å². The van der Waals surface area contributed by atoms with E-state index in [9.17, 15) is 4.79 Å². The number of nitrogens with zero attached hydrogens (tertiary/aromatic N) is 2. The number of thioether (sulfide) groups is 1. The number of hydrogen-bond donors (Lipinski definition) is 2. The summed E-state index contributed by atoms with van der Waals surface area (Å²) < 4.78 is 5.43. The maximum absolute atomic E-state index is 11.8. The van der Waals surface area contributed by atoms with Crippen molar-refractivity contribution in [1.29, 1.82) is 10.5 Å². The molecule has 8 heteroatoms. The largest absolute Gasteiger partial charge is 0.376 e. The predicted octanol–water partition coefficient (Wildman–Crippen LogP) is 0.214. The second-order valence-corrected chi connectivity index (χ2v) is 5.78. The first-order valence-electron chi connectivity index (χ1n) is 6.81. The number of H-pyrrole nitrogens is 1. The molecule has 2 rings (SSSR count). The number of carbonyl (C=O) groups is 1. The van der Waals surface area contributed by atoms with E-state index in [2.05, 4.69) is 10.3 Å². The maximum atomic E-state index is 11.8. The topological polar surface area (TPSA) is 126 Å². The molecule has 0 bridgehead atoms. The summed E-state index contributed by atoms with van der Waals surface area (Å²) in [5.74, 6) is 0.202. The van der Waals surface area contributed by atoms with Gasteiger partial charge in [-0.25, -0.2) is 4.98 Å². The van der Waals surface area contributed by atoms with Crippen LogP contribution in [0.5, 0.6) is 0 Å². The summed E-state index contributed by atoms with van der Waals surface area (Å²) in [7, 11) is 0. The highest BCUT2D eigenvalue weighted by atomic mass is 32.2. The Morgan fingerprint density at radius 3 is 2.91 bits per heavy atom. The third-order valence-corrected chi connectivity index (χ3v) is 4.23. The summed E-state index contributed by atoms with van der Waals surface area (Å²) in [5, 5.41) is 21.3. The standard InChI is InChI=1S/C14H15N5O2S/c15-5-9-4-10(6-16)14(19-13(9)17)22-8-12(20)18-7-11-2-1-3-21-11/h4,11H,1-3,7-8H2,(H2,17,19)(H,18,20)/p+1/t11-/m0/s1. The Kier molecular flexibility index (Phi) is 5.59. The Morgan fingerprint density at radius 1 is 1.50 bits per heavy atom. The fourth-order valence-electron chi connectivity index (χ4n) is 2.06. The molecule has 4 N–H and O–H groups in total. The number of nitrogens with two attached hydrogens (primary N) is 1. The molecule has 1 aliphatic heterocycles. The van der Waals surface area contributed by atoms with E-state index in [-0.39, 0.29) is 29.1 Å². The van der Waals surface area contributed by atoms with Gasteiger partial charge in [-0.1, -0.05) is 11.8 Å². The molecule has 0 radical (unpaired) electrons. The van der Waals surface area contributed by atoms with Crippen LogP contribution >= 0.6 is 11.8 Å². The molecule has 22 heavy (non-hydrogen) atoms. The minimum Gasteiger partial charge on any atom is -0.376 e. The molecule has 114 valence electrons. The quantitative estimate of drug-likeness (QED) is 0.748. The number of anilines is 1. The molecule has 7 nitrogen and oxygen atoms in total. The normalized spacial score (nSPS) is 16.7. The van der Waals surface area contributed by atoms with Gasteiger partial charge in [0, 0.05) is 13.2 Å². The van der Waals surface area contributed by atoms with Crippen LogP contribution < -0.4 is 16.0 Å². The molecule has 1 amide bonds. The zero-order chi connectivity index (χ0) is 15.9. The second-order valence-electron chi connectivity index (χ2n) is 4.79. The lowest BCUT2D eigenvalue weighted by Gasteiger charge is -2.10. The van der Waals surface area contributed by atoms with Gasteiger partial charge < -0.3 is 10.1 Å². The Labute approximate surface area is 132 Å². The van der Waals surface area contributed by atoms with E-state index in [4.69, 9.17) is 21.0 Å². The number of pyridine rings is 1. The Hall–Kier alpha value is -2.29. The van der Waals surface area contributed by atoms with E-state index in [1.807, 2.05) is 12.1 Å². The monoisotopic (exact) mass is 318 g/mol. The third kappa shape index (κ3) is 4.10. The van der Waals surface area contributed by atoms with Crippen molar-refractivity contribution in [2.24, 2.45) is 0 Å². The molecule has 1 atom stereocenters. The summed E-state index contributed by atoms with van der Waals surface area (Å²) in [6.07, 6.45) is 2.09. The predicted molar refractivity (Wildman–Crippen MR) is 79.5 cm³/mol. The molecule has 1 aromatic heterocycles. The lowest BCUT2D eigenvalue weighted by atomic mass is 10.2. The smallest absolute Gasteiger partial charge is 0.289 e. The molecule has 1 saturated heterocycles. The number of ether oxygens (including phenoxy) is 1. The molecule has 2 heterocycles. The lowest BCUT2D eigenvalue weighted by molar-refractivity contribution is -0.410. The highest BCUT2D eigenvalue weighted by molar-refractivity contribution is 7.99. The van der Waals surface area contributed by atoms with Crippen LogP contribution in [0.15, 0.2) is 11.1 Å². The third-order valence-electron chi connectivity index (χ3n) is 3.21. The fourth-order valence-corrected chi connectivity index (χ4v) is 2.88. The van der Waals surface area contributed by atoms with Crippen LogP contribution in [0.3, 0.4) is 0 Å². The molecule has 0 spiro atoms. The molecule has 1 aromatic rings. The number of aromatic amines is 1.